The molecule has 1 fully saturated rings. The number of benzene rings is 2. The number of hydrogen-bond donors (Lipinski definition) is 22. The Morgan fingerprint density at radius 1 is 0.621 bits per heavy atom. The highest BCUT2D eigenvalue weighted by Gasteiger charge is 2.44. The van der Waals surface area contributed by atoms with E-state index in [-0.39, 0.29) is 126 Å². The van der Waals surface area contributed by atoms with Crippen molar-refractivity contribution >= 4 is 116 Å². The zero-order valence-corrected chi connectivity index (χ0v) is 58.7. The molecule has 9 atom stereocenters. The summed E-state index contributed by atoms with van der Waals surface area (Å²) >= 11 is 0. The molecular weight excluding hydrogens is 1390 g/mol. The maximum absolute atomic E-state index is 14.9. The van der Waals surface area contributed by atoms with Crippen molar-refractivity contribution < 1.29 is 77.6 Å². The number of carboxylic acid groups (broad SMARTS) is 2. The Bertz CT molecular complexity index is 3350. The fourth-order valence-corrected chi connectivity index (χ4v) is 14.0. The monoisotopic (exact) mass is 1480 g/mol. The second kappa shape index (κ2) is 44.1. The number of aliphatic imine (C=N–C) groups is 4. The van der Waals surface area contributed by atoms with E-state index in [0.29, 0.717) is 42.6 Å². The van der Waals surface area contributed by atoms with Gasteiger partial charge in [0.25, 0.3) is 0 Å². The first-order valence-electron chi connectivity index (χ1n) is 33.0. The molecule has 39 nitrogen and oxygen atoms in total. The molecule has 0 aromatic heterocycles. The predicted molar refractivity (Wildman–Crippen MR) is 383 cm³/mol. The van der Waals surface area contributed by atoms with Gasteiger partial charge in [-0.15, -0.1) is 0 Å². The van der Waals surface area contributed by atoms with Crippen molar-refractivity contribution in [1.82, 2.24) is 53.2 Å². The summed E-state index contributed by atoms with van der Waals surface area (Å²) in [4.78, 5) is 183. The summed E-state index contributed by atoms with van der Waals surface area (Å²) in [5.74, 6) is -14.1. The van der Waals surface area contributed by atoms with Crippen LogP contribution in [0.15, 0.2) is 68.5 Å². The summed E-state index contributed by atoms with van der Waals surface area (Å²) in [6.45, 7) is -1.84. The molecule has 568 valence electrons. The summed E-state index contributed by atoms with van der Waals surface area (Å²) in [5.41, 5.74) is 53.1. The first kappa shape index (κ1) is 85.0. The summed E-state index contributed by atoms with van der Waals surface area (Å²) in [6.07, 6.45) is 0.725. The van der Waals surface area contributed by atoms with Gasteiger partial charge < -0.3 is 120 Å². The number of nitrogens with one attached hydrogen (secondary N) is 10. The topological polar surface area (TPSA) is 679 Å². The number of phenols is 1. The summed E-state index contributed by atoms with van der Waals surface area (Å²) in [5, 5.41) is 55.1. The Morgan fingerprint density at radius 3 is 1.64 bits per heavy atom. The number of rotatable bonds is 22. The van der Waals surface area contributed by atoms with E-state index in [1.807, 2.05) is 0 Å². The van der Waals surface area contributed by atoms with Gasteiger partial charge in [-0.05, 0) is 99.6 Å². The molecular formula is C62H97N23O16S2. The van der Waals surface area contributed by atoms with E-state index in [9.17, 15) is 72.9 Å². The minimum atomic E-state index is -1.98. The van der Waals surface area contributed by atoms with Crippen LogP contribution in [-0.2, 0) is 70.4 Å². The molecule has 1 spiro atoms. The minimum Gasteiger partial charge on any atom is -0.508 e. The van der Waals surface area contributed by atoms with Crippen molar-refractivity contribution in [3.8, 4) is 11.5 Å². The van der Waals surface area contributed by atoms with Crippen LogP contribution >= 0.6 is 21.6 Å². The molecule has 1 aliphatic carbocycles. The summed E-state index contributed by atoms with van der Waals surface area (Å²) < 4.78 is 4.26. The van der Waals surface area contributed by atoms with Gasteiger partial charge in [0.05, 0.1) is 37.4 Å². The summed E-state index contributed by atoms with van der Waals surface area (Å²) in [6, 6.07) is -2.17. The third-order valence-electron chi connectivity index (χ3n) is 16.0. The summed E-state index contributed by atoms with van der Waals surface area (Å²) in [7, 11) is 3.58. The fraction of sp³-hybridized carbons (Fsp3) is 0.548. The van der Waals surface area contributed by atoms with Crippen LogP contribution in [-0.4, -0.2) is 221 Å². The average molecular weight is 1480 g/mol. The van der Waals surface area contributed by atoms with Crippen molar-refractivity contribution in [2.75, 3.05) is 52.1 Å². The van der Waals surface area contributed by atoms with Crippen LogP contribution in [0.1, 0.15) is 101 Å². The van der Waals surface area contributed by atoms with Gasteiger partial charge in [0.15, 0.2) is 23.8 Å². The molecule has 10 amide bonds. The van der Waals surface area contributed by atoms with Gasteiger partial charge in [-0.2, -0.15) is 0 Å². The van der Waals surface area contributed by atoms with E-state index < -0.39 is 150 Å². The third kappa shape index (κ3) is 31.6. The molecule has 41 heteroatoms. The molecule has 0 saturated heterocycles. The number of carboxylic acids is 2. The van der Waals surface area contributed by atoms with Crippen molar-refractivity contribution in [2.45, 2.75) is 162 Å². The number of amides is 10. The maximum atomic E-state index is 14.9. The zero-order chi connectivity index (χ0) is 76.2. The second-order valence-corrected chi connectivity index (χ2v) is 26.9. The van der Waals surface area contributed by atoms with Crippen LogP contribution in [0.5, 0.6) is 11.5 Å². The predicted octanol–water partition coefficient (Wildman–Crippen LogP) is -6.50. The highest BCUT2D eigenvalue weighted by atomic mass is 33.1. The van der Waals surface area contributed by atoms with Gasteiger partial charge in [-0.1, -0.05) is 65.1 Å². The Morgan fingerprint density at radius 2 is 1.11 bits per heavy atom. The van der Waals surface area contributed by atoms with Gasteiger partial charge in [0.2, 0.25) is 59.1 Å². The Balaban J connectivity index is 1.82. The standard InChI is InChI=1S/C62H97N23O16S2/c1-101-36-19-15-34(16-20-36)28-42-53(95)81-39(11-7-24-73-59(67)68)51(93)84-44(55(97)82-40(57(99)100)12-8-25-74-60(69)70)32-102-103-62(21-3-2-4-22-62)48(64)56(98)85-61(71)75-26-5-9-37(63)49(91)76-30-45(87)78-41(27-33-13-17-35(86)18-14-33)52(94)80-38(10-6-23-72-58(65)66)50(92)77-31-46(88)79-43(29-47(89)90)54(96)83-42/h13-20,37-44,48,86H,2-12,21-32,63-64H2,1H3,(H,76,91)(H,77,92)(H,78,87)(H,79,88)(H,80,94)(H,81,95)(H,82,97)(H,83,96)(H,84,93)(H,89,90)(H,99,100)(H4,65,66,72)(H4,67,68,73)(H4,69,70,74)(H3,71,75,85,98)/t37-,38-,39-,40-,41+,42-,43-,44-,48-/m0/s1. The zero-order valence-electron chi connectivity index (χ0n) is 57.0. The van der Waals surface area contributed by atoms with Crippen molar-refractivity contribution in [3.05, 3.63) is 59.7 Å². The molecule has 2 aliphatic rings. The molecule has 1 saturated carbocycles. The number of nitrogens with zero attached hydrogens (tertiary/aromatic N) is 4. The van der Waals surface area contributed by atoms with Crippen molar-refractivity contribution in [2.24, 2.45) is 71.6 Å². The highest BCUT2D eigenvalue weighted by Crippen LogP contribution is 2.48. The molecule has 0 unspecified atom stereocenters. The lowest BCUT2D eigenvalue weighted by Crippen LogP contribution is -2.60. The first-order chi connectivity index (χ1) is 48.9. The fourth-order valence-electron chi connectivity index (χ4n) is 10.5. The van der Waals surface area contributed by atoms with Crippen LogP contribution in [0.25, 0.3) is 0 Å². The molecule has 4 rings (SSSR count). The molecule has 0 radical (unpaired) electrons. The van der Waals surface area contributed by atoms with E-state index >= 15 is 0 Å². The SMILES string of the molecule is COc1ccc(C[C@@H]2NC(=O)[C@H](CC(=O)O)NC(=O)CNC(=O)[C@H](CCCN=C(N)N)NC(=O)[C@@H](Cc3ccc(O)cc3)NC(=O)CNC(=O)[C@@H](N)CCCN=C(N)NC(=O)[C@H](N)C3(CCCCC3)SSC[C@@H](C(=O)N[C@@H](CCCN=C(N)N)C(=O)O)NC(=O)[C@H](CCCN=C(N)N)NC2=O)cc1. The maximum Gasteiger partial charge on any atom is 0.326 e. The van der Waals surface area contributed by atoms with Gasteiger partial charge in [0, 0.05) is 44.8 Å². The lowest BCUT2D eigenvalue weighted by molar-refractivity contribution is -0.142. The van der Waals surface area contributed by atoms with Crippen LogP contribution in [0.3, 0.4) is 0 Å². The second-order valence-electron chi connectivity index (χ2n) is 24.2. The normalized spacial score (nSPS) is 22.6. The molecule has 31 N–H and O–H groups in total. The molecule has 1 aliphatic heterocycles. The molecule has 103 heavy (non-hydrogen) atoms. The van der Waals surface area contributed by atoms with Gasteiger partial charge in [-0.3, -0.25) is 78.0 Å². The Labute approximate surface area is 601 Å². The number of methoxy groups -OCH3 is 1. The Kier molecular flexibility index (Phi) is 36.4. The Hall–Kier alpha value is -10.4. The average Bonchev–Trinajstić information content (AvgIpc) is 0.810. The van der Waals surface area contributed by atoms with E-state index in [2.05, 4.69) is 73.1 Å². The van der Waals surface area contributed by atoms with Crippen LogP contribution in [0, 0.1) is 0 Å². The number of guanidine groups is 4. The highest BCUT2D eigenvalue weighted by molar-refractivity contribution is 8.77. The number of carbonyl (C=O) groups excluding carboxylic acids is 10. The van der Waals surface area contributed by atoms with E-state index in [1.165, 1.54) is 55.6 Å². The largest absolute Gasteiger partial charge is 0.508 e. The molecule has 0 bridgehead atoms. The first-order valence-corrected chi connectivity index (χ1v) is 35.3. The van der Waals surface area contributed by atoms with Crippen LogP contribution < -0.4 is 110 Å². The van der Waals surface area contributed by atoms with Crippen molar-refractivity contribution in [1.29, 1.82) is 0 Å². The number of aliphatic carboxylic acids is 2. The third-order valence-corrected chi connectivity index (χ3v) is 19.4. The van der Waals surface area contributed by atoms with Gasteiger partial charge in [0.1, 0.15) is 59.8 Å². The van der Waals surface area contributed by atoms with Crippen LogP contribution in [0.4, 0.5) is 0 Å². The number of nitrogens with two attached hydrogens (primary N) is 9. The minimum absolute atomic E-state index is 0.00323. The number of carbonyl (C=O) groups is 12. The van der Waals surface area contributed by atoms with Crippen LogP contribution in [0.2, 0.25) is 0 Å². The lowest BCUT2D eigenvalue weighted by Gasteiger charge is -2.40. The van der Waals surface area contributed by atoms with Gasteiger partial charge in [-0.25, -0.2) is 4.79 Å². The molecule has 2 aromatic carbocycles. The molecule has 1 heterocycles. The van der Waals surface area contributed by atoms with E-state index in [0.717, 1.165) is 28.0 Å². The van der Waals surface area contributed by atoms with E-state index in [4.69, 9.17) is 56.3 Å². The quantitative estimate of drug-likeness (QED) is 0.0226. The molecule has 2 aromatic rings. The number of phenolic OH excluding ortho intramolecular Hbond substituents is 1. The number of aromatic hydroxyl groups is 1. The smallest absolute Gasteiger partial charge is 0.326 e. The number of hydrogen-bond acceptors (Lipinski definition) is 23. The number of ether oxygens (including phenoxy) is 1. The van der Waals surface area contributed by atoms with Crippen molar-refractivity contribution in [3.63, 3.8) is 0 Å². The van der Waals surface area contributed by atoms with Gasteiger partial charge >= 0.3 is 11.9 Å². The van der Waals surface area contributed by atoms with E-state index in [1.54, 1.807) is 0 Å². The lowest BCUT2D eigenvalue weighted by atomic mass is 9.83.